The lowest BCUT2D eigenvalue weighted by Crippen LogP contribution is -1.81. The maximum Gasteiger partial charge on any atom is -0.0351 e. The van der Waals surface area contributed by atoms with Gasteiger partial charge in [0.15, 0.2) is 0 Å². The van der Waals surface area contributed by atoms with Crippen molar-refractivity contribution in [2.45, 2.75) is 155 Å². The molecule has 0 atom stereocenters. The summed E-state index contributed by atoms with van der Waals surface area (Å²) in [6.45, 7) is 4.56. The van der Waals surface area contributed by atoms with Crippen molar-refractivity contribution < 1.29 is 0 Å². The minimum atomic E-state index is 1.28. The van der Waals surface area contributed by atoms with Gasteiger partial charge in [0.1, 0.15) is 0 Å². The summed E-state index contributed by atoms with van der Waals surface area (Å²) >= 11 is 0. The van der Waals surface area contributed by atoms with Crippen molar-refractivity contribution in [3.05, 3.63) is 24.3 Å². The molecule has 0 aliphatic carbocycles. The second kappa shape index (κ2) is 26.5. The Kier molecular flexibility index (Phi) is 26.0. The first-order chi connectivity index (χ1) is 13.9. The maximum atomic E-state index is 2.44. The molecule has 0 radical (unpaired) electrons. The molecule has 0 spiro atoms. The zero-order valence-corrected chi connectivity index (χ0v) is 19.9. The summed E-state index contributed by atoms with van der Waals surface area (Å²) in [5, 5.41) is 0. The minimum absolute atomic E-state index is 1.28. The van der Waals surface area contributed by atoms with E-state index in [1.807, 2.05) is 0 Å². The Hall–Kier alpha value is -0.520. The third kappa shape index (κ3) is 25.5. The molecule has 0 heterocycles. The van der Waals surface area contributed by atoms with E-state index in [1.54, 1.807) is 0 Å². The average Bonchev–Trinajstić information content (AvgIpc) is 2.71. The van der Waals surface area contributed by atoms with Crippen molar-refractivity contribution in [3.8, 4) is 0 Å². The van der Waals surface area contributed by atoms with Gasteiger partial charge in [-0.25, -0.2) is 0 Å². The van der Waals surface area contributed by atoms with E-state index in [0.29, 0.717) is 0 Å². The molecule has 166 valence electrons. The van der Waals surface area contributed by atoms with Crippen LogP contribution in [-0.4, -0.2) is 0 Å². The number of allylic oxidation sites excluding steroid dienone is 4. The number of unbranched alkanes of at least 4 members (excludes halogenated alkanes) is 19. The summed E-state index contributed by atoms with van der Waals surface area (Å²) in [7, 11) is 0. The van der Waals surface area contributed by atoms with Gasteiger partial charge < -0.3 is 0 Å². The van der Waals surface area contributed by atoms with Crippen LogP contribution in [0, 0.1) is 0 Å². The van der Waals surface area contributed by atoms with Crippen LogP contribution < -0.4 is 0 Å². The lowest BCUT2D eigenvalue weighted by molar-refractivity contribution is 0.557. The SMILES string of the molecule is CCCC/C=C\CCCCCCCCC=CCCCCCCCCCCCC. The molecule has 0 nitrogen and oxygen atoms in total. The minimum Gasteiger partial charge on any atom is -0.0885 e. The van der Waals surface area contributed by atoms with E-state index in [9.17, 15) is 0 Å². The Morgan fingerprint density at radius 2 is 0.536 bits per heavy atom. The van der Waals surface area contributed by atoms with Crippen LogP contribution in [0.25, 0.3) is 0 Å². The summed E-state index contributed by atoms with van der Waals surface area (Å²) in [5.41, 5.74) is 0. The van der Waals surface area contributed by atoms with Gasteiger partial charge in [-0.3, -0.25) is 0 Å². The molecule has 28 heavy (non-hydrogen) atoms. The molecule has 0 aromatic rings. The summed E-state index contributed by atoms with van der Waals surface area (Å²) in [6, 6.07) is 0. The Balaban J connectivity index is 3.10. The van der Waals surface area contributed by atoms with Crippen LogP contribution in [0.1, 0.15) is 155 Å². The Morgan fingerprint density at radius 1 is 0.286 bits per heavy atom. The quantitative estimate of drug-likeness (QED) is 0.120. The van der Waals surface area contributed by atoms with E-state index in [1.165, 1.54) is 141 Å². The van der Waals surface area contributed by atoms with E-state index in [-0.39, 0.29) is 0 Å². The van der Waals surface area contributed by atoms with Crippen LogP contribution in [0.5, 0.6) is 0 Å². The van der Waals surface area contributed by atoms with Crippen molar-refractivity contribution in [2.24, 2.45) is 0 Å². The van der Waals surface area contributed by atoms with E-state index < -0.39 is 0 Å². The van der Waals surface area contributed by atoms with Gasteiger partial charge in [-0.05, 0) is 44.9 Å². The molecular weight excluding hydrogens is 336 g/mol. The molecule has 0 aromatic heterocycles. The van der Waals surface area contributed by atoms with Crippen LogP contribution in [0.15, 0.2) is 24.3 Å². The van der Waals surface area contributed by atoms with Crippen LogP contribution >= 0.6 is 0 Å². The van der Waals surface area contributed by atoms with Crippen LogP contribution in [0.4, 0.5) is 0 Å². The Bertz CT molecular complexity index is 312. The topological polar surface area (TPSA) is 0 Å². The fourth-order valence-electron chi connectivity index (χ4n) is 3.77. The summed E-state index contributed by atoms with van der Waals surface area (Å²) in [4.78, 5) is 0. The molecular formula is C28H54. The predicted octanol–water partition coefficient (Wildman–Crippen LogP) is 10.7. The van der Waals surface area contributed by atoms with Crippen LogP contribution in [0.2, 0.25) is 0 Å². The van der Waals surface area contributed by atoms with E-state index in [0.717, 1.165) is 0 Å². The summed E-state index contributed by atoms with van der Waals surface area (Å²) in [5.74, 6) is 0. The Labute approximate surface area is 179 Å². The maximum absolute atomic E-state index is 2.44. The van der Waals surface area contributed by atoms with Gasteiger partial charge in [0.25, 0.3) is 0 Å². The van der Waals surface area contributed by atoms with E-state index in [2.05, 4.69) is 38.2 Å². The highest BCUT2D eigenvalue weighted by molar-refractivity contribution is 4.82. The molecule has 0 unspecified atom stereocenters. The molecule has 0 fully saturated rings. The molecule has 0 aromatic carbocycles. The normalized spacial score (nSPS) is 11.9. The molecule has 0 bridgehead atoms. The monoisotopic (exact) mass is 390 g/mol. The molecule has 0 N–H and O–H groups in total. The number of hydrogen-bond acceptors (Lipinski definition) is 0. The van der Waals surface area contributed by atoms with Gasteiger partial charge in [-0.2, -0.15) is 0 Å². The van der Waals surface area contributed by atoms with Crippen molar-refractivity contribution in [2.75, 3.05) is 0 Å². The second-order valence-electron chi connectivity index (χ2n) is 8.75. The summed E-state index contributed by atoms with van der Waals surface area (Å²) < 4.78 is 0. The number of hydrogen-bond donors (Lipinski definition) is 0. The van der Waals surface area contributed by atoms with Crippen molar-refractivity contribution in [3.63, 3.8) is 0 Å². The molecule has 0 heteroatoms. The molecule has 0 saturated carbocycles. The van der Waals surface area contributed by atoms with Crippen molar-refractivity contribution in [1.82, 2.24) is 0 Å². The Morgan fingerprint density at radius 3 is 0.857 bits per heavy atom. The molecule has 0 aliphatic rings. The second-order valence-corrected chi connectivity index (χ2v) is 8.75. The standard InChI is InChI=1S/C28H54/c1-3-5-7-9-11-13-15-17-19-21-23-25-27-28-26-24-22-20-18-16-14-12-10-8-6-4-2/h9,11,26,28H,3-8,10,12-25,27H2,1-2H3/b11-9-,28-26?. The molecule has 0 amide bonds. The van der Waals surface area contributed by atoms with E-state index in [4.69, 9.17) is 0 Å². The highest BCUT2D eigenvalue weighted by Gasteiger charge is 1.92. The fraction of sp³-hybridized carbons (Fsp3) is 0.857. The average molecular weight is 391 g/mol. The number of rotatable bonds is 23. The van der Waals surface area contributed by atoms with Crippen LogP contribution in [0.3, 0.4) is 0 Å². The van der Waals surface area contributed by atoms with Gasteiger partial charge in [0.2, 0.25) is 0 Å². The van der Waals surface area contributed by atoms with Gasteiger partial charge >= 0.3 is 0 Å². The first-order valence-corrected chi connectivity index (χ1v) is 13.2. The van der Waals surface area contributed by atoms with Gasteiger partial charge in [-0.15, -0.1) is 0 Å². The molecule has 0 rings (SSSR count). The molecule has 0 saturated heterocycles. The zero-order valence-electron chi connectivity index (χ0n) is 19.9. The third-order valence-electron chi connectivity index (χ3n) is 5.77. The van der Waals surface area contributed by atoms with Crippen molar-refractivity contribution >= 4 is 0 Å². The van der Waals surface area contributed by atoms with Crippen LogP contribution in [-0.2, 0) is 0 Å². The predicted molar refractivity (Wildman–Crippen MR) is 131 cm³/mol. The zero-order chi connectivity index (χ0) is 20.4. The lowest BCUT2D eigenvalue weighted by Gasteiger charge is -2.01. The highest BCUT2D eigenvalue weighted by atomic mass is 14.0. The van der Waals surface area contributed by atoms with E-state index >= 15 is 0 Å². The van der Waals surface area contributed by atoms with Gasteiger partial charge in [0, 0.05) is 0 Å². The van der Waals surface area contributed by atoms with Crippen molar-refractivity contribution in [1.29, 1.82) is 0 Å². The smallest absolute Gasteiger partial charge is 0.0351 e. The van der Waals surface area contributed by atoms with Gasteiger partial charge in [-0.1, -0.05) is 134 Å². The third-order valence-corrected chi connectivity index (χ3v) is 5.77. The van der Waals surface area contributed by atoms with Gasteiger partial charge in [0.05, 0.1) is 0 Å². The first-order valence-electron chi connectivity index (χ1n) is 13.2. The lowest BCUT2D eigenvalue weighted by atomic mass is 10.1. The fourth-order valence-corrected chi connectivity index (χ4v) is 3.77. The first kappa shape index (κ1) is 27.5. The summed E-state index contributed by atoms with van der Waals surface area (Å²) in [6.07, 6.45) is 40.4. The highest BCUT2D eigenvalue weighted by Crippen LogP contribution is 2.12. The largest absolute Gasteiger partial charge is 0.0885 e. The molecule has 0 aliphatic heterocycles.